The van der Waals surface area contributed by atoms with E-state index in [2.05, 4.69) is 15.9 Å². The van der Waals surface area contributed by atoms with Crippen LogP contribution in [0.2, 0.25) is 0 Å². The van der Waals surface area contributed by atoms with E-state index in [1.54, 1.807) is 18.2 Å². The fraction of sp³-hybridized carbons (Fsp3) is 0.214. The highest BCUT2D eigenvalue weighted by Gasteiger charge is 2.22. The number of benzene rings is 1. The summed E-state index contributed by atoms with van der Waals surface area (Å²) in [5.74, 6) is 1.40. The highest BCUT2D eigenvalue weighted by molar-refractivity contribution is 9.10. The zero-order valence-electron chi connectivity index (χ0n) is 10.2. The molecule has 1 aromatic carbocycles. The lowest BCUT2D eigenvalue weighted by atomic mass is 10.1. The largest absolute Gasteiger partial charge is 0.486 e. The third-order valence-corrected chi connectivity index (χ3v) is 3.60. The first-order valence-corrected chi connectivity index (χ1v) is 6.64. The van der Waals surface area contributed by atoms with Crippen LogP contribution in [0.25, 0.3) is 0 Å². The van der Waals surface area contributed by atoms with Crippen molar-refractivity contribution in [2.45, 2.75) is 6.92 Å². The Morgan fingerprint density at radius 3 is 2.53 bits per heavy atom. The molecule has 0 fully saturated rings. The van der Waals surface area contributed by atoms with Crippen LogP contribution in [0.1, 0.15) is 21.7 Å². The second kappa shape index (κ2) is 4.74. The highest BCUT2D eigenvalue weighted by Crippen LogP contribution is 2.36. The molecule has 1 aliphatic heterocycles. The summed E-state index contributed by atoms with van der Waals surface area (Å²) in [5.41, 5.74) is 1.31. The summed E-state index contributed by atoms with van der Waals surface area (Å²) >= 11 is 3.39. The quantitative estimate of drug-likeness (QED) is 0.795. The third kappa shape index (κ3) is 2.14. The van der Waals surface area contributed by atoms with Gasteiger partial charge in [-0.15, -0.1) is 0 Å². The van der Waals surface area contributed by atoms with Gasteiger partial charge in [0.2, 0.25) is 5.78 Å². The molecule has 1 aromatic heterocycles. The number of ether oxygens (including phenoxy) is 2. The Kier molecular flexibility index (Phi) is 3.06. The lowest BCUT2D eigenvalue weighted by molar-refractivity contribution is 0.101. The van der Waals surface area contributed by atoms with Gasteiger partial charge >= 0.3 is 0 Å². The van der Waals surface area contributed by atoms with Crippen LogP contribution in [0.3, 0.4) is 0 Å². The summed E-state index contributed by atoms with van der Waals surface area (Å²) in [4.78, 5) is 12.4. The summed E-state index contributed by atoms with van der Waals surface area (Å²) in [7, 11) is 0. The van der Waals surface area contributed by atoms with Gasteiger partial charge in [-0.3, -0.25) is 4.79 Å². The Labute approximate surface area is 118 Å². The van der Waals surface area contributed by atoms with Crippen LogP contribution in [-0.2, 0) is 0 Å². The van der Waals surface area contributed by atoms with Crippen LogP contribution in [0.15, 0.2) is 33.4 Å². The molecule has 0 unspecified atom stereocenters. The Hall–Kier alpha value is -1.75. The molecule has 0 spiro atoms. The molecule has 1 aliphatic rings. The Balaban J connectivity index is 2.06. The van der Waals surface area contributed by atoms with Gasteiger partial charge in [-0.2, -0.15) is 0 Å². The number of carbonyl (C=O) groups excluding carboxylic acids is 1. The van der Waals surface area contributed by atoms with Gasteiger partial charge in [0.25, 0.3) is 0 Å². The monoisotopic (exact) mass is 322 g/mol. The Bertz CT molecular complexity index is 645. The highest BCUT2D eigenvalue weighted by atomic mass is 79.9. The smallest absolute Gasteiger partial charge is 0.229 e. The van der Waals surface area contributed by atoms with Crippen LogP contribution in [0, 0.1) is 6.92 Å². The molecule has 0 bridgehead atoms. The first kappa shape index (κ1) is 12.3. The molecular formula is C14H11BrO4. The van der Waals surface area contributed by atoms with E-state index in [4.69, 9.17) is 13.9 Å². The summed E-state index contributed by atoms with van der Waals surface area (Å²) in [6.45, 7) is 2.84. The van der Waals surface area contributed by atoms with Gasteiger partial charge in [0.1, 0.15) is 13.2 Å². The molecule has 0 atom stereocenters. The molecule has 5 heteroatoms. The number of hydrogen-bond acceptors (Lipinski definition) is 4. The molecule has 4 nitrogen and oxygen atoms in total. The van der Waals surface area contributed by atoms with Crippen molar-refractivity contribution in [3.05, 3.63) is 45.8 Å². The maximum Gasteiger partial charge on any atom is 0.229 e. The number of fused-ring (bicyclic) bond motifs is 1. The SMILES string of the molecule is Cc1ccoc1C(=O)c1cc2c(cc1Br)OCCO2. The lowest BCUT2D eigenvalue weighted by Crippen LogP contribution is -2.16. The molecule has 0 N–H and O–H groups in total. The van der Waals surface area contributed by atoms with Crippen molar-refractivity contribution < 1.29 is 18.7 Å². The van der Waals surface area contributed by atoms with Gasteiger partial charge in [0.05, 0.1) is 6.26 Å². The van der Waals surface area contributed by atoms with Gasteiger partial charge in [-0.1, -0.05) is 0 Å². The van der Waals surface area contributed by atoms with Crippen LogP contribution in [-0.4, -0.2) is 19.0 Å². The number of carbonyl (C=O) groups is 1. The van der Waals surface area contributed by atoms with E-state index < -0.39 is 0 Å². The second-order valence-corrected chi connectivity index (χ2v) is 5.09. The standard InChI is InChI=1S/C14H11BrO4/c1-8-2-3-19-14(8)13(16)9-6-11-12(7-10(9)15)18-5-4-17-11/h2-3,6-7H,4-5H2,1H3. The van der Waals surface area contributed by atoms with E-state index in [1.807, 2.05) is 6.92 Å². The average molecular weight is 323 g/mol. The molecule has 19 heavy (non-hydrogen) atoms. The maximum atomic E-state index is 12.4. The summed E-state index contributed by atoms with van der Waals surface area (Å²) in [6.07, 6.45) is 1.51. The normalized spacial score (nSPS) is 13.4. The van der Waals surface area contributed by atoms with Crippen molar-refractivity contribution >= 4 is 21.7 Å². The molecule has 0 aliphatic carbocycles. The molecule has 98 valence electrons. The van der Waals surface area contributed by atoms with Crippen LogP contribution in [0.4, 0.5) is 0 Å². The number of furan rings is 1. The van der Waals surface area contributed by atoms with Gasteiger partial charge in [0.15, 0.2) is 17.3 Å². The molecule has 3 rings (SSSR count). The number of ketones is 1. The molecule has 2 heterocycles. The lowest BCUT2D eigenvalue weighted by Gasteiger charge is -2.19. The van der Waals surface area contributed by atoms with Gasteiger partial charge in [-0.25, -0.2) is 0 Å². The van der Waals surface area contributed by atoms with Crippen LogP contribution >= 0.6 is 15.9 Å². The zero-order chi connectivity index (χ0) is 13.4. The van der Waals surface area contributed by atoms with Crippen molar-refractivity contribution in [1.82, 2.24) is 0 Å². The van der Waals surface area contributed by atoms with E-state index >= 15 is 0 Å². The molecule has 2 aromatic rings. The predicted molar refractivity (Wildman–Crippen MR) is 72.0 cm³/mol. The predicted octanol–water partition coefficient (Wildman–Crippen LogP) is 3.35. The van der Waals surface area contributed by atoms with Gasteiger partial charge < -0.3 is 13.9 Å². The molecule has 0 saturated heterocycles. The van der Waals surface area contributed by atoms with Crippen molar-refractivity contribution in [2.75, 3.05) is 13.2 Å². The van der Waals surface area contributed by atoms with E-state index in [0.717, 1.165) is 5.56 Å². The van der Waals surface area contributed by atoms with E-state index in [0.29, 0.717) is 40.5 Å². The van der Waals surface area contributed by atoms with Gasteiger partial charge in [0, 0.05) is 10.0 Å². The third-order valence-electron chi connectivity index (χ3n) is 2.94. The molecule has 0 radical (unpaired) electrons. The fourth-order valence-electron chi connectivity index (χ4n) is 1.97. The fourth-order valence-corrected chi connectivity index (χ4v) is 2.47. The van der Waals surface area contributed by atoms with Crippen molar-refractivity contribution in [1.29, 1.82) is 0 Å². The minimum absolute atomic E-state index is 0.175. The molecular weight excluding hydrogens is 312 g/mol. The summed E-state index contributed by atoms with van der Waals surface area (Å²) in [5, 5.41) is 0. The first-order valence-electron chi connectivity index (χ1n) is 5.85. The second-order valence-electron chi connectivity index (χ2n) is 4.24. The summed E-state index contributed by atoms with van der Waals surface area (Å²) in [6, 6.07) is 5.20. The molecule has 0 saturated carbocycles. The average Bonchev–Trinajstić information content (AvgIpc) is 2.83. The Morgan fingerprint density at radius 2 is 1.89 bits per heavy atom. The van der Waals surface area contributed by atoms with E-state index in [-0.39, 0.29) is 5.78 Å². The topological polar surface area (TPSA) is 48.7 Å². The Morgan fingerprint density at radius 1 is 1.21 bits per heavy atom. The minimum Gasteiger partial charge on any atom is -0.486 e. The first-order chi connectivity index (χ1) is 9.16. The molecule has 0 amide bonds. The van der Waals surface area contributed by atoms with Crippen molar-refractivity contribution in [3.8, 4) is 11.5 Å². The van der Waals surface area contributed by atoms with Gasteiger partial charge in [-0.05, 0) is 46.6 Å². The van der Waals surface area contributed by atoms with Crippen molar-refractivity contribution in [3.63, 3.8) is 0 Å². The number of hydrogen-bond donors (Lipinski definition) is 0. The number of halogens is 1. The maximum absolute atomic E-state index is 12.4. The van der Waals surface area contributed by atoms with Crippen LogP contribution < -0.4 is 9.47 Å². The van der Waals surface area contributed by atoms with E-state index in [1.165, 1.54) is 6.26 Å². The van der Waals surface area contributed by atoms with Crippen molar-refractivity contribution in [2.24, 2.45) is 0 Å². The number of aryl methyl sites for hydroxylation is 1. The van der Waals surface area contributed by atoms with Crippen LogP contribution in [0.5, 0.6) is 11.5 Å². The summed E-state index contributed by atoms with van der Waals surface area (Å²) < 4.78 is 16.9. The zero-order valence-corrected chi connectivity index (χ0v) is 11.8. The number of rotatable bonds is 2. The van der Waals surface area contributed by atoms with E-state index in [9.17, 15) is 4.79 Å². The minimum atomic E-state index is -0.175.